The molecule has 3 aliphatic carbocycles. The second-order valence-electron chi connectivity index (χ2n) is 21.9. The number of ether oxygens (including phenoxy) is 6. The Kier molecular flexibility index (Phi) is 13.1. The number of methoxy groups -OCH3 is 1. The third kappa shape index (κ3) is 9.12. The highest BCUT2D eigenvalue weighted by Crippen LogP contribution is 2.57. The lowest BCUT2D eigenvalue weighted by Gasteiger charge is -2.58. The third-order valence-electron chi connectivity index (χ3n) is 17.3. The Balaban J connectivity index is 1.00. The van der Waals surface area contributed by atoms with Crippen molar-refractivity contribution in [2.45, 2.75) is 138 Å². The first-order valence-corrected chi connectivity index (χ1v) is 26.8. The number of fused-ring (bicyclic) bond motifs is 5. The van der Waals surface area contributed by atoms with Crippen LogP contribution in [-0.4, -0.2) is 94.6 Å². The molecule has 5 aromatic carbocycles. The molecule has 4 fully saturated rings. The van der Waals surface area contributed by atoms with E-state index < -0.39 is 47.9 Å². The van der Waals surface area contributed by atoms with Crippen LogP contribution < -0.4 is 29.6 Å². The van der Waals surface area contributed by atoms with Gasteiger partial charge in [-0.3, -0.25) is 10.6 Å². The monoisotopic (exact) mass is 992 g/mol. The molecule has 0 radical (unpaired) electrons. The zero-order valence-corrected chi connectivity index (χ0v) is 41.6. The second-order valence-corrected chi connectivity index (χ2v) is 21.9. The zero-order valence-electron chi connectivity index (χ0n) is 41.6. The van der Waals surface area contributed by atoms with Crippen LogP contribution in [0.25, 0.3) is 21.9 Å². The molecule has 4 aliphatic heterocycles. The van der Waals surface area contributed by atoms with Crippen molar-refractivity contribution in [1.29, 1.82) is 0 Å². The average molecular weight is 993 g/mol. The molecule has 5 aromatic rings. The van der Waals surface area contributed by atoms with E-state index in [1.807, 2.05) is 36.4 Å². The van der Waals surface area contributed by atoms with Gasteiger partial charge < -0.3 is 54.0 Å². The van der Waals surface area contributed by atoms with E-state index in [-0.39, 0.29) is 48.1 Å². The molecule has 3 saturated carbocycles. The van der Waals surface area contributed by atoms with Gasteiger partial charge in [0.05, 0.1) is 54.2 Å². The molecule has 73 heavy (non-hydrogen) atoms. The van der Waals surface area contributed by atoms with E-state index in [0.29, 0.717) is 85.6 Å². The van der Waals surface area contributed by atoms with Crippen LogP contribution in [0.4, 0.5) is 0 Å². The van der Waals surface area contributed by atoms with Crippen LogP contribution >= 0.6 is 0 Å². The molecule has 7 aliphatic rings. The molecular weight excluding hydrogens is 925 g/mol. The molecule has 2 spiro atoms. The quantitative estimate of drug-likeness (QED) is 0.0521. The Morgan fingerprint density at radius 3 is 2.45 bits per heavy atom. The van der Waals surface area contributed by atoms with Gasteiger partial charge in [0.25, 0.3) is 0 Å². The highest BCUT2D eigenvalue weighted by Gasteiger charge is 2.58. The van der Waals surface area contributed by atoms with Gasteiger partial charge in [0.15, 0.2) is 0 Å². The van der Waals surface area contributed by atoms with E-state index in [9.17, 15) is 25.5 Å². The number of hydrogen-bond acceptors (Lipinski definition) is 13. The summed E-state index contributed by atoms with van der Waals surface area (Å²) in [5.41, 5.74) is 3.77. The van der Waals surface area contributed by atoms with E-state index in [4.69, 9.17) is 28.4 Å². The minimum absolute atomic E-state index is 0.0387. The number of aliphatic hydroxyl groups excluding tert-OH is 2. The first-order valence-electron chi connectivity index (χ1n) is 26.8. The Labute approximate surface area is 427 Å². The third-order valence-corrected chi connectivity index (χ3v) is 17.3. The number of phenols is 3. The Morgan fingerprint density at radius 2 is 1.62 bits per heavy atom. The summed E-state index contributed by atoms with van der Waals surface area (Å²) < 4.78 is 41.4. The summed E-state index contributed by atoms with van der Waals surface area (Å²) in [4.78, 5) is 0. The zero-order chi connectivity index (χ0) is 49.8. The summed E-state index contributed by atoms with van der Waals surface area (Å²) in [5, 5.41) is 66.9. The summed E-state index contributed by atoms with van der Waals surface area (Å²) in [7, 11) is 1.70. The summed E-state index contributed by atoms with van der Waals surface area (Å²) in [6.07, 6.45) is 8.26. The number of rotatable bonds is 10. The van der Waals surface area contributed by atoms with Gasteiger partial charge in [-0.05, 0) is 142 Å². The maximum Gasteiger partial charge on any atom is 0.149 e. The number of benzene rings is 5. The minimum Gasteiger partial charge on any atom is -0.508 e. The summed E-state index contributed by atoms with van der Waals surface area (Å²) >= 11 is 0. The standard InChI is InChI=1S/C60H68N2O11/c1-68-23-8-14-51-54(50-34-70-56-37(28-44(31-48(56)55(50)67)71-43-12-2-3-13-43)25-36-27-40(64)15-17-45(36)35-9-6-11-39(63)26-35)58-49-32-52(47-29-41(65)16-18-46(47)57(49)72-51)69-24-7-10-38-33-61-59(20-4-5-21-59)62-60(38)22-19-42(66)30-53(60)73-58/h6,9,11,15-18,26-29,31-32,38,42-43,50-51,53-55,58,61-67H,2-5,8,12-14,19-25,30,33-34H2,1H3. The molecule has 7 N–H and O–H groups in total. The normalized spacial score (nSPS) is 29.2. The maximum atomic E-state index is 13.4. The predicted octanol–water partition coefficient (Wildman–Crippen LogP) is 9.27. The fraction of sp³-hybridized carbons (Fsp3) is 0.500. The Bertz CT molecular complexity index is 2920. The fourth-order valence-electron chi connectivity index (χ4n) is 13.8. The molecule has 4 heterocycles. The number of aliphatic hydroxyl groups is 2. The lowest BCUT2D eigenvalue weighted by molar-refractivity contribution is -0.181. The van der Waals surface area contributed by atoms with Crippen LogP contribution in [0.2, 0.25) is 0 Å². The first-order chi connectivity index (χ1) is 35.6. The van der Waals surface area contributed by atoms with Gasteiger partial charge in [-0.25, -0.2) is 0 Å². The lowest BCUT2D eigenvalue weighted by atomic mass is 9.66. The molecule has 13 heteroatoms. The van der Waals surface area contributed by atoms with E-state index in [0.717, 1.165) is 84.6 Å². The van der Waals surface area contributed by atoms with Crippen molar-refractivity contribution in [1.82, 2.24) is 10.6 Å². The SMILES string of the molecule is COCCCC1Oc2c3cc(c4cc(O)ccc24)OCC#CC2CNC4(CCCC4)NC24CCC(O)CC4OC3C1C1COc2c(Cc3cc(O)ccc3-c3cccc(O)c3)cc(OC3CCCC3)cc2C1O. The molecule has 9 unspecified atom stereocenters. The topological polar surface area (TPSA) is 181 Å². The molecule has 9 atom stereocenters. The highest BCUT2D eigenvalue weighted by atomic mass is 16.5. The van der Waals surface area contributed by atoms with Crippen molar-refractivity contribution in [2.24, 2.45) is 17.8 Å². The van der Waals surface area contributed by atoms with Gasteiger partial charge in [0, 0.05) is 72.4 Å². The number of nitrogens with one attached hydrogen (secondary N) is 2. The van der Waals surface area contributed by atoms with E-state index in [1.165, 1.54) is 0 Å². The number of phenolic OH excluding ortho intramolecular Hbond substituents is 3. The Morgan fingerprint density at radius 1 is 0.795 bits per heavy atom. The smallest absolute Gasteiger partial charge is 0.149 e. The maximum absolute atomic E-state index is 13.4. The van der Waals surface area contributed by atoms with Crippen molar-refractivity contribution < 1.29 is 54.0 Å². The molecule has 0 aromatic heterocycles. The summed E-state index contributed by atoms with van der Waals surface area (Å²) in [6, 6.07) is 23.6. The van der Waals surface area contributed by atoms with Crippen LogP contribution in [0.1, 0.15) is 118 Å². The molecule has 0 amide bonds. The highest BCUT2D eigenvalue weighted by molar-refractivity contribution is 5.96. The van der Waals surface area contributed by atoms with Crippen LogP contribution in [-0.2, 0) is 15.9 Å². The van der Waals surface area contributed by atoms with Crippen molar-refractivity contribution in [3.8, 4) is 63.2 Å². The molecule has 1 saturated heterocycles. The predicted molar refractivity (Wildman–Crippen MR) is 275 cm³/mol. The van der Waals surface area contributed by atoms with Gasteiger partial charge >= 0.3 is 0 Å². The molecule has 12 rings (SSSR count). The first kappa shape index (κ1) is 48.2. The molecule has 13 nitrogen and oxygen atoms in total. The van der Waals surface area contributed by atoms with Gasteiger partial charge in [-0.15, -0.1) is 0 Å². The number of aromatic hydroxyl groups is 3. The van der Waals surface area contributed by atoms with E-state index in [2.05, 4.69) is 22.5 Å². The van der Waals surface area contributed by atoms with Crippen LogP contribution in [0.15, 0.2) is 78.9 Å². The molecule has 2 bridgehead atoms. The fourth-order valence-corrected chi connectivity index (χ4v) is 13.8. The van der Waals surface area contributed by atoms with Gasteiger partial charge in [0.1, 0.15) is 53.0 Å². The van der Waals surface area contributed by atoms with Crippen molar-refractivity contribution in [3.63, 3.8) is 0 Å². The van der Waals surface area contributed by atoms with Crippen molar-refractivity contribution in [2.75, 3.05) is 33.5 Å². The molecule has 384 valence electrons. The van der Waals surface area contributed by atoms with Crippen molar-refractivity contribution in [3.05, 3.63) is 101 Å². The minimum atomic E-state index is -1.06. The summed E-state index contributed by atoms with van der Waals surface area (Å²) in [5.74, 6) is 8.53. The number of hydrogen-bond donors (Lipinski definition) is 7. The van der Waals surface area contributed by atoms with E-state index in [1.54, 1.807) is 49.6 Å². The van der Waals surface area contributed by atoms with Gasteiger partial charge in [0.2, 0.25) is 0 Å². The largest absolute Gasteiger partial charge is 0.508 e. The van der Waals surface area contributed by atoms with Gasteiger partial charge in [-0.1, -0.05) is 42.9 Å². The Hall–Kier alpha value is -5.72. The molecular formula is C60H68N2O11. The lowest BCUT2D eigenvalue weighted by Crippen LogP contribution is -2.77. The van der Waals surface area contributed by atoms with Crippen LogP contribution in [0, 0.1) is 29.6 Å². The second kappa shape index (κ2) is 19.9. The average Bonchev–Trinajstić information content (AvgIpc) is 4.07. The van der Waals surface area contributed by atoms with Crippen LogP contribution in [0.3, 0.4) is 0 Å². The van der Waals surface area contributed by atoms with Gasteiger partial charge in [-0.2, -0.15) is 0 Å². The summed E-state index contributed by atoms with van der Waals surface area (Å²) in [6.45, 7) is 1.43. The van der Waals surface area contributed by atoms with Crippen LogP contribution in [0.5, 0.6) is 40.2 Å². The van der Waals surface area contributed by atoms with Crippen molar-refractivity contribution >= 4 is 10.8 Å². The van der Waals surface area contributed by atoms with E-state index >= 15 is 0 Å².